The molecule has 1 aromatic carbocycles. The van der Waals surface area contributed by atoms with Crippen molar-refractivity contribution in [2.45, 2.75) is 78.1 Å². The Morgan fingerprint density at radius 3 is 2.32 bits per heavy atom. The molecule has 1 aromatic rings. The lowest BCUT2D eigenvalue weighted by molar-refractivity contribution is -0.140. The van der Waals surface area contributed by atoms with Gasteiger partial charge in [0.2, 0.25) is 11.8 Å². The molecule has 31 heavy (non-hydrogen) atoms. The first-order chi connectivity index (χ1) is 14.4. The second-order valence-corrected chi connectivity index (χ2v) is 8.65. The molecule has 7 nitrogen and oxygen atoms in total. The minimum absolute atomic E-state index is 0.0567. The molecule has 0 saturated carbocycles. The van der Waals surface area contributed by atoms with Crippen molar-refractivity contribution in [3.05, 3.63) is 35.4 Å². The molecule has 0 aliphatic rings. The maximum absolute atomic E-state index is 13.2. The predicted octanol–water partition coefficient (Wildman–Crippen LogP) is 3.39. The highest BCUT2D eigenvalue weighted by molar-refractivity contribution is 5.92. The zero-order valence-electron chi connectivity index (χ0n) is 19.6. The van der Waals surface area contributed by atoms with Gasteiger partial charge in [0.05, 0.1) is 0 Å². The third kappa shape index (κ3) is 7.97. The Morgan fingerprint density at radius 2 is 1.77 bits per heavy atom. The molecule has 0 spiro atoms. The number of rotatable bonds is 8. The summed E-state index contributed by atoms with van der Waals surface area (Å²) in [7, 11) is 1.53. The number of amides is 3. The summed E-state index contributed by atoms with van der Waals surface area (Å²) in [5.41, 5.74) is 0.382. The van der Waals surface area contributed by atoms with Crippen LogP contribution in [-0.2, 0) is 14.3 Å². The molecule has 0 saturated heterocycles. The van der Waals surface area contributed by atoms with E-state index in [0.717, 1.165) is 12.8 Å². The number of nitrogens with zero attached hydrogens (tertiary/aromatic N) is 1. The normalized spacial score (nSPS) is 13.9. The smallest absolute Gasteiger partial charge is 0.408 e. The van der Waals surface area contributed by atoms with Crippen molar-refractivity contribution in [1.29, 1.82) is 0 Å². The second kappa shape index (κ2) is 11.4. The highest BCUT2D eigenvalue weighted by Gasteiger charge is 2.33. The lowest BCUT2D eigenvalue weighted by Crippen LogP contribution is -2.51. The van der Waals surface area contributed by atoms with E-state index in [1.165, 1.54) is 11.9 Å². The fraction of sp³-hybridized carbons (Fsp3) is 0.542. The van der Waals surface area contributed by atoms with Gasteiger partial charge < -0.3 is 20.3 Å². The Morgan fingerprint density at radius 1 is 1.16 bits per heavy atom. The maximum atomic E-state index is 13.2. The minimum atomic E-state index is -0.943. The number of likely N-dealkylation sites (N-methyl/N-ethyl adjacent to an activating group) is 1. The number of ether oxygens (including phenoxy) is 1. The van der Waals surface area contributed by atoms with Gasteiger partial charge in [-0.25, -0.2) is 4.79 Å². The van der Waals surface area contributed by atoms with Gasteiger partial charge in [0.25, 0.3) is 0 Å². The molecular weight excluding hydrogens is 394 g/mol. The van der Waals surface area contributed by atoms with Gasteiger partial charge >= 0.3 is 6.09 Å². The van der Waals surface area contributed by atoms with Crippen molar-refractivity contribution in [3.63, 3.8) is 0 Å². The third-order valence-electron chi connectivity index (χ3n) is 4.61. The molecule has 0 aliphatic carbocycles. The van der Waals surface area contributed by atoms with Gasteiger partial charge in [-0.1, -0.05) is 37.5 Å². The number of carbonyl (C=O) groups is 3. The zero-order chi connectivity index (χ0) is 23.8. The number of nitrogens with one attached hydrogen (secondary N) is 2. The first kappa shape index (κ1) is 26.0. The molecule has 1 rings (SSSR count). The first-order valence-corrected chi connectivity index (χ1v) is 10.5. The molecule has 3 atom stereocenters. The summed E-state index contributed by atoms with van der Waals surface area (Å²) in [5, 5.41) is 5.49. The average Bonchev–Trinajstić information content (AvgIpc) is 2.66. The molecule has 0 aromatic heterocycles. The SMILES string of the molecule is C#Cc1ccccc1C(C(=O)NC(C)CCC)N(C)C(=O)C(C)NC(=O)OC(C)(C)C. The van der Waals surface area contributed by atoms with E-state index in [4.69, 9.17) is 11.2 Å². The molecule has 0 aliphatic heterocycles. The van der Waals surface area contributed by atoms with Crippen LogP contribution < -0.4 is 10.6 Å². The lowest BCUT2D eigenvalue weighted by Gasteiger charge is -2.31. The van der Waals surface area contributed by atoms with Crippen molar-refractivity contribution in [1.82, 2.24) is 15.5 Å². The lowest BCUT2D eigenvalue weighted by atomic mass is 9.97. The van der Waals surface area contributed by atoms with E-state index in [-0.39, 0.29) is 11.9 Å². The van der Waals surface area contributed by atoms with Gasteiger partial charge in [0.15, 0.2) is 0 Å². The molecule has 0 fully saturated rings. The van der Waals surface area contributed by atoms with Gasteiger partial charge in [-0.15, -0.1) is 6.42 Å². The number of carbonyl (C=O) groups excluding carboxylic acids is 3. The quantitative estimate of drug-likeness (QED) is 0.620. The Kier molecular flexibility index (Phi) is 9.57. The van der Waals surface area contributed by atoms with E-state index >= 15 is 0 Å². The summed E-state index contributed by atoms with van der Waals surface area (Å²) in [6.07, 6.45) is 6.66. The van der Waals surface area contributed by atoms with Crippen molar-refractivity contribution in [2.75, 3.05) is 7.05 Å². The summed E-state index contributed by atoms with van der Waals surface area (Å²) >= 11 is 0. The first-order valence-electron chi connectivity index (χ1n) is 10.5. The Labute approximate surface area is 185 Å². The van der Waals surface area contributed by atoms with Crippen LogP contribution in [0.3, 0.4) is 0 Å². The Hall–Kier alpha value is -3.01. The van der Waals surface area contributed by atoms with Gasteiger partial charge in [-0.2, -0.15) is 0 Å². The van der Waals surface area contributed by atoms with Crippen LogP contribution in [0.25, 0.3) is 0 Å². The van der Waals surface area contributed by atoms with E-state index in [1.807, 2.05) is 13.8 Å². The summed E-state index contributed by atoms with van der Waals surface area (Å²) in [5.74, 6) is 1.81. The van der Waals surface area contributed by atoms with Crippen molar-refractivity contribution >= 4 is 17.9 Å². The van der Waals surface area contributed by atoms with E-state index < -0.39 is 29.7 Å². The molecule has 2 N–H and O–H groups in total. The fourth-order valence-electron chi connectivity index (χ4n) is 3.20. The second-order valence-electron chi connectivity index (χ2n) is 8.65. The third-order valence-corrected chi connectivity index (χ3v) is 4.61. The van der Waals surface area contributed by atoms with Crippen LogP contribution in [0.2, 0.25) is 0 Å². The number of terminal acetylenes is 1. The Bertz CT molecular complexity index is 823. The number of hydrogen-bond donors (Lipinski definition) is 2. The molecule has 170 valence electrons. The zero-order valence-corrected chi connectivity index (χ0v) is 19.6. The highest BCUT2D eigenvalue weighted by Crippen LogP contribution is 2.24. The van der Waals surface area contributed by atoms with Crippen molar-refractivity contribution < 1.29 is 19.1 Å². The summed E-state index contributed by atoms with van der Waals surface area (Å²) < 4.78 is 5.22. The topological polar surface area (TPSA) is 87.7 Å². The van der Waals surface area contributed by atoms with Gasteiger partial charge in [0, 0.05) is 18.7 Å². The van der Waals surface area contributed by atoms with Crippen molar-refractivity contribution in [3.8, 4) is 12.3 Å². The Balaban J connectivity index is 3.17. The number of alkyl carbamates (subject to hydrolysis) is 1. The standard InChI is InChI=1S/C24H35N3O4/c1-9-13-16(3)25-21(28)20(19-15-12-11-14-18(19)10-2)27(8)22(29)17(4)26-23(30)31-24(5,6)7/h2,11-12,14-17,20H,9,13H2,1,3-8H3,(H,25,28)(H,26,30). The molecule has 0 radical (unpaired) electrons. The molecule has 3 unspecified atom stereocenters. The molecule has 3 amide bonds. The fourth-order valence-corrected chi connectivity index (χ4v) is 3.20. The monoisotopic (exact) mass is 429 g/mol. The number of hydrogen-bond acceptors (Lipinski definition) is 4. The van der Waals surface area contributed by atoms with E-state index in [9.17, 15) is 14.4 Å². The average molecular weight is 430 g/mol. The van der Waals surface area contributed by atoms with Crippen LogP contribution in [0.5, 0.6) is 0 Å². The minimum Gasteiger partial charge on any atom is -0.444 e. The summed E-state index contributed by atoms with van der Waals surface area (Å²) in [6.45, 7) is 10.7. The van der Waals surface area contributed by atoms with Crippen LogP contribution in [0.1, 0.15) is 71.6 Å². The maximum Gasteiger partial charge on any atom is 0.408 e. The van der Waals surface area contributed by atoms with Crippen molar-refractivity contribution in [2.24, 2.45) is 0 Å². The van der Waals surface area contributed by atoms with Gasteiger partial charge in [0.1, 0.15) is 17.7 Å². The van der Waals surface area contributed by atoms with Gasteiger partial charge in [-0.05, 0) is 52.7 Å². The molecule has 0 heterocycles. The largest absolute Gasteiger partial charge is 0.444 e. The van der Waals surface area contributed by atoms with E-state index in [2.05, 4.69) is 16.6 Å². The highest BCUT2D eigenvalue weighted by atomic mass is 16.6. The van der Waals surface area contributed by atoms with E-state index in [0.29, 0.717) is 11.1 Å². The molecule has 7 heteroatoms. The van der Waals surface area contributed by atoms with Crippen LogP contribution >= 0.6 is 0 Å². The van der Waals surface area contributed by atoms with Crippen LogP contribution in [0, 0.1) is 12.3 Å². The van der Waals surface area contributed by atoms with Crippen LogP contribution in [0.15, 0.2) is 24.3 Å². The summed E-state index contributed by atoms with van der Waals surface area (Å²) in [4.78, 5) is 39.7. The van der Waals surface area contributed by atoms with Crippen LogP contribution in [-0.4, -0.2) is 47.5 Å². The molecule has 0 bridgehead atoms. The van der Waals surface area contributed by atoms with Crippen LogP contribution in [0.4, 0.5) is 4.79 Å². The number of benzene rings is 1. The summed E-state index contributed by atoms with van der Waals surface area (Å²) in [6, 6.07) is 5.11. The predicted molar refractivity (Wildman–Crippen MR) is 121 cm³/mol. The van der Waals surface area contributed by atoms with Gasteiger partial charge in [-0.3, -0.25) is 9.59 Å². The molecular formula is C24H35N3O4. The van der Waals surface area contributed by atoms with E-state index in [1.54, 1.807) is 52.0 Å².